The lowest BCUT2D eigenvalue weighted by Gasteiger charge is -2.37. The molecule has 0 aliphatic carbocycles. The smallest absolute Gasteiger partial charge is 0.338 e. The highest BCUT2D eigenvalue weighted by molar-refractivity contribution is 7.99. The number of carboxylic acid groups (broad SMARTS) is 1. The van der Waals surface area contributed by atoms with E-state index in [1.165, 1.54) is 11.0 Å². The number of rotatable bonds is 17. The monoisotopic (exact) mass is 974 g/mol. The molecular formula is C53H60ClN6O6PS. The number of piperazine rings is 1. The van der Waals surface area contributed by atoms with Crippen LogP contribution in [0.25, 0.3) is 22.4 Å². The van der Waals surface area contributed by atoms with Crippen LogP contribution >= 0.6 is 30.9 Å². The summed E-state index contributed by atoms with van der Waals surface area (Å²) in [4.78, 5) is 33.2. The molecule has 8 rings (SSSR count). The first-order valence-electron chi connectivity index (χ1n) is 23.2. The van der Waals surface area contributed by atoms with Crippen molar-refractivity contribution in [3.63, 3.8) is 0 Å². The Labute approximate surface area is 409 Å². The van der Waals surface area contributed by atoms with E-state index in [1.54, 1.807) is 28.6 Å². The molecule has 6 aromatic rings. The SMILES string of the molecule is Cc1c(C(=O)O)c(-c2cccc(N3CCN(c4ccc(N5C[C@@H](C)OP5(=O)c5ccc(C[C@H](CCN(C)C)CSc6ccccc6)c([N+](=O)[O-])c5)cc4)CC3)c2)c(-c2ccc(Cl)cc2)n1C(C)C. The normalized spacial score (nSPS) is 17.9. The van der Waals surface area contributed by atoms with E-state index in [0.717, 1.165) is 78.8 Å². The molecule has 3 atom stereocenters. The summed E-state index contributed by atoms with van der Waals surface area (Å²) < 4.78 is 25.1. The van der Waals surface area contributed by atoms with Gasteiger partial charge in [-0.05, 0) is 145 Å². The lowest BCUT2D eigenvalue weighted by molar-refractivity contribution is -0.385. The third-order valence-corrected chi connectivity index (χ3v) is 17.1. The highest BCUT2D eigenvalue weighted by Gasteiger charge is 2.44. The topological polar surface area (TPSA) is 125 Å². The van der Waals surface area contributed by atoms with Gasteiger partial charge in [0.1, 0.15) is 0 Å². The maximum absolute atomic E-state index is 15.0. The Morgan fingerprint density at radius 2 is 1.54 bits per heavy atom. The highest BCUT2D eigenvalue weighted by atomic mass is 35.5. The van der Waals surface area contributed by atoms with Gasteiger partial charge in [0.2, 0.25) is 0 Å². The minimum atomic E-state index is -3.71. The van der Waals surface area contributed by atoms with Gasteiger partial charge in [0.25, 0.3) is 5.69 Å². The van der Waals surface area contributed by atoms with E-state index in [1.807, 2.05) is 107 Å². The first kappa shape index (κ1) is 48.9. The number of nitrogens with zero attached hydrogens (tertiary/aromatic N) is 6. The zero-order valence-electron chi connectivity index (χ0n) is 39.5. The van der Waals surface area contributed by atoms with E-state index >= 15 is 0 Å². The second-order valence-corrected chi connectivity index (χ2v) is 22.2. The van der Waals surface area contributed by atoms with E-state index in [4.69, 9.17) is 16.1 Å². The lowest BCUT2D eigenvalue weighted by Crippen LogP contribution is -2.46. The van der Waals surface area contributed by atoms with Crippen molar-refractivity contribution in [2.24, 2.45) is 5.92 Å². The van der Waals surface area contributed by atoms with Gasteiger partial charge < -0.3 is 28.9 Å². The van der Waals surface area contributed by atoms with Crippen molar-refractivity contribution in [2.75, 3.05) is 73.6 Å². The molecule has 356 valence electrons. The standard InChI is InChI=1S/C53H60ClN6O6PS/c1-36(2)59-38(4)50(53(61)62)51(52(59)40-15-18-43(54)19-16-40)42-11-10-12-46(32-42)57-29-27-56(28-30-57)44-20-22-45(23-21-44)58-34-37(3)66-67(58,65)47-24-17-41(49(33-47)60(63)64)31-39(25-26-55(5)6)35-68-48-13-8-7-9-14-48/h7-24,32-33,36-37,39H,25-31,34-35H2,1-6H3,(H,61,62)/t37-,39+,67?/m1/s1. The molecule has 1 unspecified atom stereocenters. The molecule has 0 spiro atoms. The van der Waals surface area contributed by atoms with Gasteiger partial charge in [-0.25, -0.2) is 4.79 Å². The number of thioether (sulfide) groups is 1. The maximum Gasteiger partial charge on any atom is 0.338 e. The summed E-state index contributed by atoms with van der Waals surface area (Å²) in [7, 11) is 0.369. The number of nitro benzene ring substituents is 1. The van der Waals surface area contributed by atoms with Gasteiger partial charge in [0, 0.05) is 87.8 Å². The average molecular weight is 976 g/mol. The molecule has 1 aromatic heterocycles. The van der Waals surface area contributed by atoms with Gasteiger partial charge in [-0.1, -0.05) is 60.1 Å². The molecule has 1 N–H and O–H groups in total. The van der Waals surface area contributed by atoms with Crippen LogP contribution in [0, 0.1) is 23.0 Å². The highest BCUT2D eigenvalue weighted by Crippen LogP contribution is 2.58. The molecule has 0 saturated carbocycles. The Bertz CT molecular complexity index is 2800. The number of anilines is 3. The second-order valence-electron chi connectivity index (χ2n) is 18.4. The maximum atomic E-state index is 15.0. The number of hydrogen-bond acceptors (Lipinski definition) is 9. The number of halogens is 1. The molecule has 68 heavy (non-hydrogen) atoms. The van der Waals surface area contributed by atoms with E-state index in [0.29, 0.717) is 45.7 Å². The third-order valence-electron chi connectivity index (χ3n) is 13.0. The van der Waals surface area contributed by atoms with Crippen molar-refractivity contribution in [1.82, 2.24) is 9.47 Å². The van der Waals surface area contributed by atoms with Crippen molar-refractivity contribution in [3.8, 4) is 22.4 Å². The molecule has 0 amide bonds. The van der Waals surface area contributed by atoms with Gasteiger partial charge in [0.15, 0.2) is 0 Å². The largest absolute Gasteiger partial charge is 0.478 e. The lowest BCUT2D eigenvalue weighted by atomic mass is 9.96. The first-order chi connectivity index (χ1) is 32.6. The Balaban J connectivity index is 0.979. The molecular weight excluding hydrogens is 915 g/mol. The van der Waals surface area contributed by atoms with Crippen LogP contribution < -0.4 is 19.8 Å². The quantitative estimate of drug-likeness (QED) is 0.0406. The Morgan fingerprint density at radius 1 is 0.882 bits per heavy atom. The fraction of sp³-hybridized carbons (Fsp3) is 0.340. The minimum Gasteiger partial charge on any atom is -0.478 e. The van der Waals surface area contributed by atoms with Gasteiger partial charge in [-0.15, -0.1) is 11.8 Å². The fourth-order valence-electron chi connectivity index (χ4n) is 9.64. The molecule has 2 aliphatic heterocycles. The summed E-state index contributed by atoms with van der Waals surface area (Å²) in [6.07, 6.45) is 1.07. The molecule has 3 heterocycles. The Kier molecular flexibility index (Phi) is 15.1. The minimum absolute atomic E-state index is 0.0212. The van der Waals surface area contributed by atoms with Crippen molar-refractivity contribution >= 4 is 64.9 Å². The molecule has 12 nitrogen and oxygen atoms in total. The van der Waals surface area contributed by atoms with E-state index < -0.39 is 13.5 Å². The number of benzene rings is 5. The van der Waals surface area contributed by atoms with E-state index in [2.05, 4.69) is 57.4 Å². The summed E-state index contributed by atoms with van der Waals surface area (Å²) in [5.74, 6) is 0.0487. The molecule has 15 heteroatoms. The number of carbonyl (C=O) groups is 1. The number of aromatic carboxylic acids is 1. The molecule has 2 saturated heterocycles. The van der Waals surface area contributed by atoms with Gasteiger partial charge in [-0.2, -0.15) is 0 Å². The number of carboxylic acids is 1. The predicted molar refractivity (Wildman–Crippen MR) is 279 cm³/mol. The second kappa shape index (κ2) is 21.0. The first-order valence-corrected chi connectivity index (χ1v) is 26.2. The van der Waals surface area contributed by atoms with Crippen molar-refractivity contribution in [3.05, 3.63) is 153 Å². The zero-order valence-corrected chi connectivity index (χ0v) is 42.0. The molecule has 2 aliphatic rings. The van der Waals surface area contributed by atoms with Crippen LogP contribution in [0.3, 0.4) is 0 Å². The fourth-order valence-corrected chi connectivity index (χ4v) is 13.3. The van der Waals surface area contributed by atoms with Gasteiger partial charge in [-0.3, -0.25) is 19.3 Å². The van der Waals surface area contributed by atoms with E-state index in [9.17, 15) is 24.6 Å². The average Bonchev–Trinajstić information content (AvgIpc) is 3.83. The summed E-state index contributed by atoms with van der Waals surface area (Å²) in [6.45, 7) is 12.1. The van der Waals surface area contributed by atoms with Crippen molar-refractivity contribution in [1.29, 1.82) is 0 Å². The molecule has 2 fully saturated rings. The van der Waals surface area contributed by atoms with Crippen LogP contribution in [0.15, 0.2) is 126 Å². The van der Waals surface area contributed by atoms with Crippen LogP contribution in [0.4, 0.5) is 22.7 Å². The summed E-state index contributed by atoms with van der Waals surface area (Å²) in [5.41, 5.74) is 7.66. The molecule has 0 bridgehead atoms. The van der Waals surface area contributed by atoms with Gasteiger partial charge >= 0.3 is 13.5 Å². The van der Waals surface area contributed by atoms with Gasteiger partial charge in [0.05, 0.1) is 34.1 Å². The number of nitro groups is 1. The molecule has 0 radical (unpaired) electrons. The van der Waals surface area contributed by atoms with Crippen LogP contribution in [0.5, 0.6) is 0 Å². The van der Waals surface area contributed by atoms with E-state index in [-0.39, 0.29) is 28.7 Å². The van der Waals surface area contributed by atoms with Crippen LogP contribution in [-0.2, 0) is 15.5 Å². The summed E-state index contributed by atoms with van der Waals surface area (Å²) >= 11 is 8.05. The zero-order chi connectivity index (χ0) is 48.3. The number of aromatic nitrogens is 1. The van der Waals surface area contributed by atoms with Crippen LogP contribution in [0.2, 0.25) is 5.02 Å². The Morgan fingerprint density at radius 3 is 2.18 bits per heavy atom. The summed E-state index contributed by atoms with van der Waals surface area (Å²) in [5, 5.41) is 24.2. The van der Waals surface area contributed by atoms with Crippen LogP contribution in [-0.4, -0.2) is 90.7 Å². The number of hydrogen-bond donors (Lipinski definition) is 1. The van der Waals surface area contributed by atoms with Crippen molar-refractivity contribution in [2.45, 2.75) is 57.6 Å². The third kappa shape index (κ3) is 10.5. The van der Waals surface area contributed by atoms with Crippen molar-refractivity contribution < 1.29 is 23.9 Å². The molecule has 5 aromatic carbocycles. The Hall–Kier alpha value is -5.56. The van der Waals surface area contributed by atoms with Crippen LogP contribution in [0.1, 0.15) is 54.8 Å². The summed E-state index contributed by atoms with van der Waals surface area (Å²) in [6, 6.07) is 39.0. The predicted octanol–water partition coefficient (Wildman–Crippen LogP) is 11.9.